The van der Waals surface area contributed by atoms with Crippen molar-refractivity contribution in [2.75, 3.05) is 52.0 Å². The zero-order valence-electron chi connectivity index (χ0n) is 24.3. The Labute approximate surface area is 243 Å². The van der Waals surface area contributed by atoms with Gasteiger partial charge in [-0.1, -0.05) is 0 Å². The van der Waals surface area contributed by atoms with Crippen LogP contribution in [0.4, 0.5) is 11.4 Å². The lowest BCUT2D eigenvalue weighted by atomic mass is 9.52. The first kappa shape index (κ1) is 29.8. The number of nitrogens with one attached hydrogen (secondary N) is 1. The number of benzene rings is 1. The molecule has 1 aliphatic heterocycles. The lowest BCUT2D eigenvalue weighted by Crippen LogP contribution is -2.74. The first-order valence-corrected chi connectivity index (χ1v) is 14.0. The minimum Gasteiger partial charge on any atom is -0.505 e. The van der Waals surface area contributed by atoms with Gasteiger partial charge in [0, 0.05) is 25.7 Å². The van der Waals surface area contributed by atoms with Crippen molar-refractivity contribution in [3.05, 3.63) is 17.2 Å². The number of aromatic hydroxyl groups is 1. The molecule has 1 heterocycles. The third kappa shape index (κ3) is 4.16. The van der Waals surface area contributed by atoms with Gasteiger partial charge in [-0.3, -0.25) is 38.6 Å². The lowest BCUT2D eigenvalue weighted by Gasteiger charge is -2.52. The van der Waals surface area contributed by atoms with E-state index < -0.39 is 76.1 Å². The predicted molar refractivity (Wildman–Crippen MR) is 150 cm³/mol. The average molecular weight is 584 g/mol. The molecule has 13 heteroatoms. The highest BCUT2D eigenvalue weighted by Gasteiger charge is 2.69. The number of likely N-dealkylation sites (tertiary alicyclic amines) is 1. The molecule has 226 valence electrons. The number of phenolic OH excluding ortho intramolecular Hbond substituents is 1. The number of carbonyl (C=O) groups excluding carboxylic acids is 6. The van der Waals surface area contributed by atoms with Crippen molar-refractivity contribution in [3.8, 4) is 5.75 Å². The molecule has 7 atom stereocenters. The highest BCUT2D eigenvalue weighted by Crippen LogP contribution is 2.52. The summed E-state index contributed by atoms with van der Waals surface area (Å²) in [7, 11) is 8.39. The Balaban J connectivity index is 1.60. The Bertz CT molecular complexity index is 1420. The number of fused-ring (bicyclic) bond motifs is 3. The summed E-state index contributed by atoms with van der Waals surface area (Å²) >= 11 is 0. The third-order valence-corrected chi connectivity index (χ3v) is 9.60. The SMILES string of the molecule is CN(C)c1cc(NC(=O)[C@H]2CCCN2C)c(O)c2c1C[C@H]1C[C@H]3[C@H](N(C)C)C(=O)C(C(N)=O)C(=O)[C@@]3(O)C(=O)C1C2=O. The molecule has 1 aromatic carbocycles. The van der Waals surface area contributed by atoms with Gasteiger partial charge >= 0.3 is 0 Å². The van der Waals surface area contributed by atoms with Gasteiger partial charge in [-0.15, -0.1) is 0 Å². The minimum absolute atomic E-state index is 0.00944. The number of nitrogens with two attached hydrogens (primary N) is 1. The molecule has 42 heavy (non-hydrogen) atoms. The Morgan fingerprint density at radius 1 is 1.12 bits per heavy atom. The van der Waals surface area contributed by atoms with Crippen molar-refractivity contribution < 1.29 is 39.0 Å². The topological polar surface area (TPSA) is 191 Å². The van der Waals surface area contributed by atoms with Crippen molar-refractivity contribution in [1.29, 1.82) is 0 Å². The van der Waals surface area contributed by atoms with Gasteiger partial charge < -0.3 is 26.2 Å². The first-order valence-electron chi connectivity index (χ1n) is 14.0. The van der Waals surface area contributed by atoms with Gasteiger partial charge in [-0.05, 0) is 70.9 Å². The zero-order valence-corrected chi connectivity index (χ0v) is 24.3. The molecule has 2 saturated carbocycles. The van der Waals surface area contributed by atoms with Gasteiger partial charge in [0.05, 0.1) is 29.3 Å². The number of hydrogen-bond acceptors (Lipinski definition) is 11. The molecule has 1 aromatic rings. The molecule has 13 nitrogen and oxygen atoms in total. The predicted octanol–water partition coefficient (Wildman–Crippen LogP) is -1.03. The third-order valence-electron chi connectivity index (χ3n) is 9.60. The fourth-order valence-corrected chi connectivity index (χ4v) is 7.60. The maximum atomic E-state index is 14.1. The number of aliphatic hydroxyl groups is 1. The summed E-state index contributed by atoms with van der Waals surface area (Å²) in [4.78, 5) is 85.2. The molecular formula is C29H37N5O8. The Morgan fingerprint density at radius 3 is 2.33 bits per heavy atom. The van der Waals surface area contributed by atoms with Gasteiger partial charge in [0.2, 0.25) is 11.8 Å². The Hall–Kier alpha value is -3.68. The van der Waals surface area contributed by atoms with Crippen LogP contribution in [-0.4, -0.2) is 114 Å². The number of Topliss-reactive ketones (excluding diaryl/α,β-unsaturated/α-hetero) is 4. The number of hydrogen-bond donors (Lipinski definition) is 4. The molecule has 3 aliphatic carbocycles. The van der Waals surface area contributed by atoms with Crippen LogP contribution in [0.25, 0.3) is 0 Å². The summed E-state index contributed by atoms with van der Waals surface area (Å²) in [6, 6.07) is 0.0144. The summed E-state index contributed by atoms with van der Waals surface area (Å²) in [5, 5.41) is 25.8. The van der Waals surface area contributed by atoms with Crippen LogP contribution in [0.2, 0.25) is 0 Å². The van der Waals surface area contributed by atoms with Crippen molar-refractivity contribution in [2.24, 2.45) is 29.4 Å². The van der Waals surface area contributed by atoms with Crippen molar-refractivity contribution in [2.45, 2.75) is 43.4 Å². The largest absolute Gasteiger partial charge is 0.505 e. The van der Waals surface area contributed by atoms with E-state index in [0.29, 0.717) is 17.7 Å². The van der Waals surface area contributed by atoms with Crippen LogP contribution in [0.3, 0.4) is 0 Å². The highest BCUT2D eigenvalue weighted by atomic mass is 16.3. The van der Waals surface area contributed by atoms with E-state index in [9.17, 15) is 39.0 Å². The Kier molecular flexibility index (Phi) is 7.27. The normalized spacial score (nSPS) is 32.8. The van der Waals surface area contributed by atoms with Gasteiger partial charge in [0.15, 0.2) is 34.7 Å². The number of likely N-dealkylation sites (N-methyl/N-ethyl adjacent to an activating group) is 2. The number of primary amides is 1. The van der Waals surface area contributed by atoms with Crippen LogP contribution in [0.1, 0.15) is 35.2 Å². The molecule has 0 radical (unpaired) electrons. The summed E-state index contributed by atoms with van der Waals surface area (Å²) in [6.45, 7) is 0.750. The molecule has 2 amide bonds. The standard InChI is InChI=1S/C29H37N5O8/c1-32(2)17-11-15(31-28(41)16-7-6-8-34(16)5)22(35)19-13(17)9-12-10-14-21(33(3)4)24(37)20(27(30)40)26(39)29(14,42)25(38)18(12)23(19)36/h11-12,14,16,18,20-21,35,42H,6-10H2,1-5H3,(H2,30,40)(H,31,41)/t12-,14-,16+,18?,20?,21-,29-/m0/s1. The van der Waals surface area contributed by atoms with Crippen molar-refractivity contribution >= 4 is 46.3 Å². The summed E-state index contributed by atoms with van der Waals surface area (Å²) in [5.74, 6) is -11.6. The van der Waals surface area contributed by atoms with Gasteiger partial charge in [-0.25, -0.2) is 0 Å². The van der Waals surface area contributed by atoms with Crippen LogP contribution in [0.15, 0.2) is 6.07 Å². The summed E-state index contributed by atoms with van der Waals surface area (Å²) in [5.41, 5.74) is 3.43. The van der Waals surface area contributed by atoms with E-state index in [4.69, 9.17) is 5.73 Å². The van der Waals surface area contributed by atoms with E-state index in [2.05, 4.69) is 5.32 Å². The maximum Gasteiger partial charge on any atom is 0.241 e. The van der Waals surface area contributed by atoms with Gasteiger partial charge in [0.1, 0.15) is 5.75 Å². The molecule has 0 spiro atoms. The fourth-order valence-electron chi connectivity index (χ4n) is 7.60. The van der Waals surface area contributed by atoms with Crippen LogP contribution >= 0.6 is 0 Å². The number of rotatable bonds is 5. The maximum absolute atomic E-state index is 14.1. The van der Waals surface area contributed by atoms with E-state index in [1.807, 2.05) is 11.9 Å². The quantitative estimate of drug-likeness (QED) is 0.245. The van der Waals surface area contributed by atoms with Crippen molar-refractivity contribution in [1.82, 2.24) is 9.80 Å². The van der Waals surface area contributed by atoms with Gasteiger partial charge in [-0.2, -0.15) is 0 Å². The molecule has 3 fully saturated rings. The molecule has 1 saturated heterocycles. The molecule has 4 aliphatic rings. The van der Waals surface area contributed by atoms with Crippen LogP contribution in [0, 0.1) is 23.7 Å². The van der Waals surface area contributed by atoms with E-state index in [1.54, 1.807) is 25.1 Å². The lowest BCUT2D eigenvalue weighted by molar-refractivity contribution is -0.181. The fraction of sp³-hybridized carbons (Fsp3) is 0.586. The Morgan fingerprint density at radius 2 is 1.79 bits per heavy atom. The van der Waals surface area contributed by atoms with E-state index in [1.165, 1.54) is 19.0 Å². The minimum atomic E-state index is -2.80. The second-order valence-electron chi connectivity index (χ2n) is 12.5. The number of phenols is 1. The number of ketones is 4. The van der Waals surface area contributed by atoms with Gasteiger partial charge in [0.25, 0.3) is 0 Å². The molecule has 5 rings (SSSR count). The van der Waals surface area contributed by atoms with Crippen molar-refractivity contribution in [3.63, 3.8) is 0 Å². The molecule has 0 aromatic heterocycles. The number of nitrogens with zero attached hydrogens (tertiary/aromatic N) is 3. The highest BCUT2D eigenvalue weighted by molar-refractivity contribution is 6.32. The first-order chi connectivity index (χ1) is 19.6. The molecule has 0 bridgehead atoms. The summed E-state index contributed by atoms with van der Waals surface area (Å²) in [6.07, 6.45) is 1.58. The van der Waals surface area contributed by atoms with Crippen LogP contribution in [0.5, 0.6) is 5.75 Å². The zero-order chi connectivity index (χ0) is 31.0. The van der Waals surface area contributed by atoms with E-state index >= 15 is 0 Å². The second kappa shape index (κ2) is 10.2. The van der Waals surface area contributed by atoms with Crippen LogP contribution < -0.4 is 16.0 Å². The van der Waals surface area contributed by atoms with E-state index in [-0.39, 0.29) is 30.0 Å². The molecular weight excluding hydrogens is 546 g/mol. The smallest absolute Gasteiger partial charge is 0.241 e. The number of amides is 2. The monoisotopic (exact) mass is 583 g/mol. The van der Waals surface area contributed by atoms with Crippen LogP contribution in [-0.2, 0) is 30.4 Å². The summed E-state index contributed by atoms with van der Waals surface area (Å²) < 4.78 is 0. The average Bonchev–Trinajstić information content (AvgIpc) is 3.33. The number of carbonyl (C=O) groups is 6. The number of anilines is 2. The molecule has 2 unspecified atom stereocenters. The molecule has 5 N–H and O–H groups in total. The van der Waals surface area contributed by atoms with E-state index in [0.717, 1.165) is 13.0 Å². The second-order valence-corrected chi connectivity index (χ2v) is 12.5.